The van der Waals surface area contributed by atoms with Crippen molar-refractivity contribution in [3.63, 3.8) is 0 Å². The van der Waals surface area contributed by atoms with E-state index in [-0.39, 0.29) is 17.1 Å². The van der Waals surface area contributed by atoms with E-state index in [1.54, 1.807) is 16.7 Å². The summed E-state index contributed by atoms with van der Waals surface area (Å²) in [6.07, 6.45) is 10.4. The molecule has 4 heteroatoms. The van der Waals surface area contributed by atoms with Gasteiger partial charge in [-0.2, -0.15) is 0 Å². The summed E-state index contributed by atoms with van der Waals surface area (Å²) in [5.74, 6) is 0.754. The van der Waals surface area contributed by atoms with E-state index in [9.17, 15) is 9.59 Å². The molecule has 0 radical (unpaired) electrons. The number of amides is 2. The molecule has 1 aliphatic heterocycles. The summed E-state index contributed by atoms with van der Waals surface area (Å²) in [6, 6.07) is 0. The summed E-state index contributed by atoms with van der Waals surface area (Å²) in [5.41, 5.74) is 0. The summed E-state index contributed by atoms with van der Waals surface area (Å²) < 4.78 is 0. The number of imide groups is 1. The van der Waals surface area contributed by atoms with Gasteiger partial charge in [0.05, 0.1) is 5.25 Å². The molecule has 0 aromatic carbocycles. The molecule has 1 heterocycles. The van der Waals surface area contributed by atoms with Crippen LogP contribution >= 0.6 is 11.8 Å². The van der Waals surface area contributed by atoms with Gasteiger partial charge in [-0.05, 0) is 31.6 Å². The van der Waals surface area contributed by atoms with Gasteiger partial charge in [0.15, 0.2) is 0 Å². The van der Waals surface area contributed by atoms with E-state index in [2.05, 4.69) is 0 Å². The summed E-state index contributed by atoms with van der Waals surface area (Å²) >= 11 is 1.78. The minimum Gasteiger partial charge on any atom is -0.281 e. The molecule has 106 valence electrons. The second-order valence-corrected chi connectivity index (χ2v) is 7.74. The van der Waals surface area contributed by atoms with E-state index in [1.807, 2.05) is 0 Å². The third-order valence-corrected chi connectivity index (χ3v) is 6.33. The molecule has 3 fully saturated rings. The molecule has 0 aromatic rings. The van der Waals surface area contributed by atoms with E-state index >= 15 is 0 Å². The molecule has 0 bridgehead atoms. The third kappa shape index (κ3) is 2.99. The zero-order chi connectivity index (χ0) is 13.2. The lowest BCUT2D eigenvalue weighted by molar-refractivity contribution is -0.138. The summed E-state index contributed by atoms with van der Waals surface area (Å²) in [5, 5.41) is 0.546. The van der Waals surface area contributed by atoms with Crippen LogP contribution in [0.25, 0.3) is 0 Å². The van der Waals surface area contributed by atoms with Gasteiger partial charge in [0.2, 0.25) is 11.8 Å². The molecule has 3 nitrogen and oxygen atoms in total. The number of nitrogens with zero attached hydrogens (tertiary/aromatic N) is 1. The Labute approximate surface area is 119 Å². The minimum atomic E-state index is -0.0722. The number of thioether (sulfide) groups is 1. The van der Waals surface area contributed by atoms with Crippen LogP contribution in [0.5, 0.6) is 0 Å². The fourth-order valence-electron chi connectivity index (χ4n) is 3.66. The Hall–Kier alpha value is -0.510. The van der Waals surface area contributed by atoms with E-state index < -0.39 is 0 Å². The summed E-state index contributed by atoms with van der Waals surface area (Å²) in [7, 11) is 0. The van der Waals surface area contributed by atoms with E-state index in [4.69, 9.17) is 0 Å². The molecule has 2 amide bonds. The van der Waals surface area contributed by atoms with Crippen molar-refractivity contribution in [1.29, 1.82) is 0 Å². The molecule has 0 aromatic heterocycles. The first-order chi connectivity index (χ1) is 9.24. The largest absolute Gasteiger partial charge is 0.281 e. The highest BCUT2D eigenvalue weighted by Crippen LogP contribution is 2.37. The molecule has 1 unspecified atom stereocenters. The molecule has 0 N–H and O–H groups in total. The third-order valence-electron chi connectivity index (χ3n) is 4.78. The molecule has 2 saturated carbocycles. The number of hydrogen-bond acceptors (Lipinski definition) is 3. The SMILES string of the molecule is O=C1CC(SC2CCCC2)C(=O)N1CC1CCCC1. The Morgan fingerprint density at radius 2 is 1.63 bits per heavy atom. The normalized spacial score (nSPS) is 29.9. The highest BCUT2D eigenvalue weighted by molar-refractivity contribution is 8.01. The van der Waals surface area contributed by atoms with Crippen LogP contribution in [0, 0.1) is 5.92 Å². The lowest BCUT2D eigenvalue weighted by Gasteiger charge is -2.19. The van der Waals surface area contributed by atoms with Crippen LogP contribution in [0.1, 0.15) is 57.8 Å². The zero-order valence-corrected chi connectivity index (χ0v) is 12.3. The maximum atomic E-state index is 12.4. The summed E-state index contributed by atoms with van der Waals surface area (Å²) in [6.45, 7) is 0.694. The number of rotatable bonds is 4. The first-order valence-corrected chi connectivity index (χ1v) is 8.68. The molecule has 1 atom stereocenters. The Morgan fingerprint density at radius 1 is 1.00 bits per heavy atom. The van der Waals surface area contributed by atoms with Gasteiger partial charge in [0.1, 0.15) is 0 Å². The first-order valence-electron chi connectivity index (χ1n) is 7.73. The number of likely N-dealkylation sites (tertiary alicyclic amines) is 1. The molecule has 3 aliphatic rings. The van der Waals surface area contributed by atoms with Crippen molar-refractivity contribution in [3.05, 3.63) is 0 Å². The van der Waals surface area contributed by atoms with Crippen molar-refractivity contribution in [1.82, 2.24) is 4.90 Å². The van der Waals surface area contributed by atoms with Gasteiger partial charge in [-0.3, -0.25) is 14.5 Å². The monoisotopic (exact) mass is 281 g/mol. The van der Waals surface area contributed by atoms with Gasteiger partial charge < -0.3 is 0 Å². The maximum absolute atomic E-state index is 12.4. The van der Waals surface area contributed by atoms with Crippen LogP contribution in [0.15, 0.2) is 0 Å². The van der Waals surface area contributed by atoms with Crippen LogP contribution in [0.3, 0.4) is 0 Å². The molecule has 2 aliphatic carbocycles. The smallest absolute Gasteiger partial charge is 0.242 e. The quantitative estimate of drug-likeness (QED) is 0.743. The maximum Gasteiger partial charge on any atom is 0.242 e. The average Bonchev–Trinajstić information content (AvgIpc) is 3.10. The predicted octanol–water partition coefficient (Wildman–Crippen LogP) is 2.98. The second kappa shape index (κ2) is 5.86. The predicted molar refractivity (Wildman–Crippen MR) is 76.9 cm³/mol. The number of carbonyl (C=O) groups is 2. The number of carbonyl (C=O) groups excluding carboxylic acids is 2. The van der Waals surface area contributed by atoms with Gasteiger partial charge in [-0.15, -0.1) is 11.8 Å². The lowest BCUT2D eigenvalue weighted by atomic mass is 10.1. The van der Waals surface area contributed by atoms with E-state index in [0.717, 1.165) is 0 Å². The Kier molecular flexibility index (Phi) is 4.15. The van der Waals surface area contributed by atoms with Crippen LogP contribution in [-0.4, -0.2) is 33.8 Å². The van der Waals surface area contributed by atoms with Crippen molar-refractivity contribution in [3.8, 4) is 0 Å². The van der Waals surface area contributed by atoms with Crippen molar-refractivity contribution >= 4 is 23.6 Å². The zero-order valence-electron chi connectivity index (χ0n) is 11.5. The van der Waals surface area contributed by atoms with Crippen molar-refractivity contribution in [2.45, 2.75) is 68.3 Å². The van der Waals surface area contributed by atoms with Gasteiger partial charge in [0, 0.05) is 18.2 Å². The van der Waals surface area contributed by atoms with Gasteiger partial charge in [-0.1, -0.05) is 25.7 Å². The molecule has 3 rings (SSSR count). The van der Waals surface area contributed by atoms with Crippen molar-refractivity contribution in [2.24, 2.45) is 5.92 Å². The molecular weight excluding hydrogens is 258 g/mol. The van der Waals surface area contributed by atoms with Crippen molar-refractivity contribution in [2.75, 3.05) is 6.54 Å². The molecular formula is C15H23NO2S. The van der Waals surface area contributed by atoms with Crippen LogP contribution in [-0.2, 0) is 9.59 Å². The van der Waals surface area contributed by atoms with E-state index in [0.29, 0.717) is 24.1 Å². The average molecular weight is 281 g/mol. The fourth-order valence-corrected chi connectivity index (χ4v) is 5.21. The minimum absolute atomic E-state index is 0.0722. The lowest BCUT2D eigenvalue weighted by Crippen LogP contribution is -2.35. The van der Waals surface area contributed by atoms with Crippen molar-refractivity contribution < 1.29 is 9.59 Å². The second-order valence-electron chi connectivity index (χ2n) is 6.23. The van der Waals surface area contributed by atoms with Crippen LogP contribution in [0.2, 0.25) is 0 Å². The number of hydrogen-bond donors (Lipinski definition) is 0. The standard InChI is InChI=1S/C15H23NO2S/c17-14-9-13(19-12-7-3-4-8-12)15(18)16(14)10-11-5-1-2-6-11/h11-13H,1-10H2. The van der Waals surface area contributed by atoms with Crippen LogP contribution < -0.4 is 0 Å². The molecule has 1 saturated heterocycles. The Bertz CT molecular complexity index is 359. The Morgan fingerprint density at radius 3 is 2.32 bits per heavy atom. The highest BCUT2D eigenvalue weighted by Gasteiger charge is 2.41. The fraction of sp³-hybridized carbons (Fsp3) is 0.867. The summed E-state index contributed by atoms with van der Waals surface area (Å²) in [4.78, 5) is 26.0. The van der Waals surface area contributed by atoms with E-state index in [1.165, 1.54) is 51.4 Å². The van der Waals surface area contributed by atoms with Gasteiger partial charge in [0.25, 0.3) is 0 Å². The van der Waals surface area contributed by atoms with Crippen LogP contribution in [0.4, 0.5) is 0 Å². The Balaban J connectivity index is 1.56. The molecule has 0 spiro atoms. The highest BCUT2D eigenvalue weighted by atomic mass is 32.2. The van der Waals surface area contributed by atoms with Gasteiger partial charge in [-0.25, -0.2) is 0 Å². The van der Waals surface area contributed by atoms with Gasteiger partial charge >= 0.3 is 0 Å². The molecule has 19 heavy (non-hydrogen) atoms. The first kappa shape index (κ1) is 13.5. The topological polar surface area (TPSA) is 37.4 Å².